The second-order valence-electron chi connectivity index (χ2n) is 5.96. The van der Waals surface area contributed by atoms with Crippen LogP contribution in [0.4, 0.5) is 8.78 Å². The Morgan fingerprint density at radius 3 is 2.68 bits per heavy atom. The minimum absolute atomic E-state index is 0.176. The molecular weight excluding hydrogens is 410 g/mol. The number of amides is 1. The number of hydrogen-bond donors (Lipinski definition) is 4. The number of aromatic amines is 1. The number of nitrogens with zero attached hydrogens (tertiary/aromatic N) is 1. The van der Waals surface area contributed by atoms with E-state index in [-0.39, 0.29) is 17.9 Å². The van der Waals surface area contributed by atoms with Gasteiger partial charge in [0.15, 0.2) is 0 Å². The molecule has 0 aliphatic carbocycles. The molecule has 1 atom stereocenters. The molecule has 6 nitrogen and oxygen atoms in total. The van der Waals surface area contributed by atoms with Crippen LogP contribution in [0.5, 0.6) is 0 Å². The Balaban J connectivity index is 1.79. The van der Waals surface area contributed by atoms with Crippen LogP contribution in [-0.2, 0) is 6.61 Å². The molecule has 1 unspecified atom stereocenters. The number of benzene rings is 1. The zero-order valence-electron chi connectivity index (χ0n) is 14.7. The third-order valence-electron chi connectivity index (χ3n) is 3.97. The molecule has 0 bridgehead atoms. The lowest BCUT2D eigenvalue weighted by atomic mass is 10.1. The Bertz CT molecular complexity index is 969. The number of carbonyl (C=O) groups is 1. The second-order valence-corrected chi connectivity index (χ2v) is 7.23. The summed E-state index contributed by atoms with van der Waals surface area (Å²) in [5, 5.41) is 16.8. The third kappa shape index (κ3) is 4.39. The van der Waals surface area contributed by atoms with E-state index in [9.17, 15) is 13.6 Å². The average molecular weight is 427 g/mol. The van der Waals surface area contributed by atoms with Gasteiger partial charge in [-0.15, -0.1) is 11.3 Å². The topological polar surface area (TPSA) is 90.0 Å². The number of aliphatic hydroxyl groups is 1. The maximum atomic E-state index is 13.7. The highest BCUT2D eigenvalue weighted by molar-refractivity contribution is 7.09. The SMILES string of the molecule is CNCC(NC(=O)c1ccc(-c2cc(F)c(Cl)c(F)c2)[nH]1)c1nc(CO)cs1. The van der Waals surface area contributed by atoms with Gasteiger partial charge in [-0.2, -0.15) is 0 Å². The van der Waals surface area contributed by atoms with E-state index in [2.05, 4.69) is 20.6 Å². The molecule has 10 heteroatoms. The first-order valence-corrected chi connectivity index (χ1v) is 9.53. The van der Waals surface area contributed by atoms with Gasteiger partial charge in [0, 0.05) is 23.2 Å². The summed E-state index contributed by atoms with van der Waals surface area (Å²) < 4.78 is 27.3. The summed E-state index contributed by atoms with van der Waals surface area (Å²) in [6, 6.07) is 4.85. The number of aliphatic hydroxyl groups excluding tert-OH is 1. The molecule has 2 aromatic heterocycles. The van der Waals surface area contributed by atoms with Crippen LogP contribution >= 0.6 is 22.9 Å². The Hall–Kier alpha value is -2.33. The maximum absolute atomic E-state index is 13.7. The molecule has 0 spiro atoms. The Morgan fingerprint density at radius 1 is 1.36 bits per heavy atom. The minimum Gasteiger partial charge on any atom is -0.390 e. The molecule has 1 aromatic carbocycles. The van der Waals surface area contributed by atoms with Gasteiger partial charge in [-0.25, -0.2) is 13.8 Å². The van der Waals surface area contributed by atoms with Crippen molar-refractivity contribution in [2.45, 2.75) is 12.6 Å². The summed E-state index contributed by atoms with van der Waals surface area (Å²) in [5.74, 6) is -2.16. The lowest BCUT2D eigenvalue weighted by Crippen LogP contribution is -2.34. The number of H-pyrrole nitrogens is 1. The highest BCUT2D eigenvalue weighted by Gasteiger charge is 2.20. The highest BCUT2D eigenvalue weighted by atomic mass is 35.5. The van der Waals surface area contributed by atoms with Crippen molar-refractivity contribution in [3.05, 3.63) is 62.7 Å². The first-order valence-electron chi connectivity index (χ1n) is 8.27. The Morgan fingerprint density at radius 2 is 2.07 bits per heavy atom. The lowest BCUT2D eigenvalue weighted by molar-refractivity contribution is 0.0932. The molecule has 3 rings (SSSR count). The van der Waals surface area contributed by atoms with Crippen molar-refractivity contribution in [1.82, 2.24) is 20.6 Å². The van der Waals surface area contributed by atoms with E-state index in [4.69, 9.17) is 16.7 Å². The zero-order chi connectivity index (χ0) is 20.3. The summed E-state index contributed by atoms with van der Waals surface area (Å²) in [7, 11) is 1.75. The third-order valence-corrected chi connectivity index (χ3v) is 5.34. The highest BCUT2D eigenvalue weighted by Crippen LogP contribution is 2.27. The van der Waals surface area contributed by atoms with Crippen LogP contribution in [0.2, 0.25) is 5.02 Å². The smallest absolute Gasteiger partial charge is 0.268 e. The van der Waals surface area contributed by atoms with Crippen LogP contribution < -0.4 is 10.6 Å². The van der Waals surface area contributed by atoms with Crippen molar-refractivity contribution in [2.75, 3.05) is 13.6 Å². The van der Waals surface area contributed by atoms with Crippen molar-refractivity contribution in [3.63, 3.8) is 0 Å². The monoisotopic (exact) mass is 426 g/mol. The van der Waals surface area contributed by atoms with E-state index in [1.165, 1.54) is 17.4 Å². The van der Waals surface area contributed by atoms with Crippen molar-refractivity contribution in [1.29, 1.82) is 0 Å². The molecule has 0 saturated heterocycles. The average Bonchev–Trinajstić information content (AvgIpc) is 3.35. The summed E-state index contributed by atoms with van der Waals surface area (Å²) in [6.07, 6.45) is 0. The van der Waals surface area contributed by atoms with Gasteiger partial charge in [0.25, 0.3) is 5.91 Å². The van der Waals surface area contributed by atoms with Crippen LogP contribution in [0.25, 0.3) is 11.3 Å². The minimum atomic E-state index is -0.880. The van der Waals surface area contributed by atoms with Gasteiger partial charge in [-0.3, -0.25) is 4.79 Å². The zero-order valence-corrected chi connectivity index (χ0v) is 16.3. The largest absolute Gasteiger partial charge is 0.390 e. The first-order chi connectivity index (χ1) is 13.4. The van der Waals surface area contributed by atoms with Gasteiger partial charge in [-0.05, 0) is 31.3 Å². The molecule has 1 amide bonds. The quantitative estimate of drug-likeness (QED) is 0.436. The van der Waals surface area contributed by atoms with E-state index in [0.29, 0.717) is 22.9 Å². The molecule has 3 aromatic rings. The van der Waals surface area contributed by atoms with Gasteiger partial charge in [0.05, 0.1) is 18.3 Å². The van der Waals surface area contributed by atoms with Gasteiger partial charge in [0.2, 0.25) is 0 Å². The summed E-state index contributed by atoms with van der Waals surface area (Å²) in [5.41, 5.74) is 1.37. The number of hydrogen-bond acceptors (Lipinski definition) is 5. The molecular formula is C18H17ClF2N4O2S. The van der Waals surface area contributed by atoms with Gasteiger partial charge < -0.3 is 20.7 Å². The number of rotatable bonds is 7. The van der Waals surface area contributed by atoms with Gasteiger partial charge >= 0.3 is 0 Å². The van der Waals surface area contributed by atoms with Crippen molar-refractivity contribution >= 4 is 28.8 Å². The molecule has 0 aliphatic heterocycles. The predicted molar refractivity (Wildman–Crippen MR) is 103 cm³/mol. The van der Waals surface area contributed by atoms with Crippen LogP contribution in [0, 0.1) is 11.6 Å². The molecule has 0 aliphatic rings. The second kappa shape index (κ2) is 8.78. The fourth-order valence-corrected chi connectivity index (χ4v) is 3.57. The van der Waals surface area contributed by atoms with Gasteiger partial charge in [0.1, 0.15) is 27.4 Å². The predicted octanol–water partition coefficient (Wildman–Crippen LogP) is 3.25. The number of nitrogens with one attached hydrogen (secondary N) is 3. The van der Waals surface area contributed by atoms with E-state index in [1.54, 1.807) is 18.5 Å². The van der Waals surface area contributed by atoms with Crippen LogP contribution in [-0.4, -0.2) is 34.6 Å². The molecule has 28 heavy (non-hydrogen) atoms. The normalized spacial score (nSPS) is 12.2. The molecule has 0 fully saturated rings. The standard InChI is InChI=1S/C18H17ClF2N4O2S/c1-22-6-15(18-23-10(7-26)8-28-18)25-17(27)14-3-2-13(24-14)9-4-11(20)16(19)12(21)5-9/h2-5,8,15,22,24,26H,6-7H2,1H3,(H,25,27). The van der Waals surface area contributed by atoms with Crippen molar-refractivity contribution < 1.29 is 18.7 Å². The van der Waals surface area contributed by atoms with Gasteiger partial charge in [-0.1, -0.05) is 11.6 Å². The maximum Gasteiger partial charge on any atom is 0.268 e. The number of aromatic nitrogens is 2. The van der Waals surface area contributed by atoms with E-state index in [0.717, 1.165) is 12.1 Å². The molecule has 0 saturated carbocycles. The van der Waals surface area contributed by atoms with E-state index < -0.39 is 28.6 Å². The van der Waals surface area contributed by atoms with Crippen molar-refractivity contribution in [2.24, 2.45) is 0 Å². The van der Waals surface area contributed by atoms with Crippen molar-refractivity contribution in [3.8, 4) is 11.3 Å². The summed E-state index contributed by atoms with van der Waals surface area (Å²) in [6.45, 7) is 0.260. The Kier molecular flexibility index (Phi) is 6.40. The van der Waals surface area contributed by atoms with Crippen LogP contribution in [0.1, 0.15) is 27.2 Å². The Labute approximate surface area is 168 Å². The summed E-state index contributed by atoms with van der Waals surface area (Å²) >= 11 is 6.83. The molecule has 2 heterocycles. The van der Waals surface area contributed by atoms with Crippen LogP contribution in [0.15, 0.2) is 29.6 Å². The number of thiazole rings is 1. The van der Waals surface area contributed by atoms with Crippen LogP contribution in [0.3, 0.4) is 0 Å². The van der Waals surface area contributed by atoms with E-state index in [1.807, 2.05) is 0 Å². The fraction of sp³-hybridized carbons (Fsp3) is 0.222. The first kappa shape index (κ1) is 20.4. The summed E-state index contributed by atoms with van der Waals surface area (Å²) in [4.78, 5) is 19.7. The fourth-order valence-electron chi connectivity index (χ4n) is 2.60. The number of halogens is 3. The molecule has 148 valence electrons. The molecule has 0 radical (unpaired) electrons. The van der Waals surface area contributed by atoms with E-state index >= 15 is 0 Å². The number of carbonyl (C=O) groups excluding carboxylic acids is 1. The molecule has 4 N–H and O–H groups in total. The lowest BCUT2D eigenvalue weighted by Gasteiger charge is -2.15. The number of likely N-dealkylation sites (N-methyl/N-ethyl adjacent to an activating group) is 1.